The highest BCUT2D eigenvalue weighted by molar-refractivity contribution is 6.28. The van der Waals surface area contributed by atoms with Crippen molar-refractivity contribution in [2.45, 2.75) is 13.0 Å². The minimum atomic E-state index is -0.480. The molecule has 2 aromatic rings. The average Bonchev–Trinajstić information content (AvgIpc) is 2.81. The Labute approximate surface area is 102 Å². The van der Waals surface area contributed by atoms with E-state index in [1.54, 1.807) is 13.0 Å². The molecule has 0 saturated heterocycles. The molecule has 17 heavy (non-hydrogen) atoms. The highest BCUT2D eigenvalue weighted by atomic mass is 35.5. The first-order chi connectivity index (χ1) is 8.16. The molecule has 2 aromatic heterocycles. The van der Waals surface area contributed by atoms with Gasteiger partial charge in [-0.15, -0.1) is 0 Å². The van der Waals surface area contributed by atoms with Crippen molar-refractivity contribution < 1.29 is 4.79 Å². The molecule has 2 heterocycles. The molecule has 7 nitrogen and oxygen atoms in total. The monoisotopic (exact) mass is 252 g/mol. The van der Waals surface area contributed by atoms with Crippen LogP contribution in [0.25, 0.3) is 0 Å². The van der Waals surface area contributed by atoms with Crippen molar-refractivity contribution in [3.8, 4) is 0 Å². The van der Waals surface area contributed by atoms with E-state index in [1.807, 2.05) is 0 Å². The summed E-state index contributed by atoms with van der Waals surface area (Å²) >= 11 is 5.61. The van der Waals surface area contributed by atoms with Crippen molar-refractivity contribution in [2.24, 2.45) is 0 Å². The summed E-state index contributed by atoms with van der Waals surface area (Å²) in [5.74, 6) is 0.0900. The van der Waals surface area contributed by atoms with Crippen molar-refractivity contribution in [3.05, 3.63) is 30.2 Å². The lowest BCUT2D eigenvalue weighted by atomic mass is 10.3. The van der Waals surface area contributed by atoms with Crippen LogP contribution in [0.1, 0.15) is 13.0 Å². The molecule has 0 aromatic carbocycles. The Morgan fingerprint density at radius 3 is 3.06 bits per heavy atom. The van der Waals surface area contributed by atoms with Gasteiger partial charge in [-0.1, -0.05) is 0 Å². The maximum Gasteiger partial charge on any atom is 0.250 e. The van der Waals surface area contributed by atoms with E-state index in [-0.39, 0.29) is 11.2 Å². The minimum Gasteiger partial charge on any atom is -0.309 e. The molecule has 2 rings (SSSR count). The summed E-state index contributed by atoms with van der Waals surface area (Å²) < 4.78 is 1.44. The van der Waals surface area contributed by atoms with Gasteiger partial charge in [0, 0.05) is 6.20 Å². The number of hydrogen-bond acceptors (Lipinski definition) is 5. The summed E-state index contributed by atoms with van der Waals surface area (Å²) in [6, 6.07) is 1.07. The Kier molecular flexibility index (Phi) is 3.29. The summed E-state index contributed by atoms with van der Waals surface area (Å²) in [5.41, 5.74) is 0. The predicted molar refractivity (Wildman–Crippen MR) is 60.4 cm³/mol. The van der Waals surface area contributed by atoms with E-state index in [9.17, 15) is 4.79 Å². The van der Waals surface area contributed by atoms with Crippen LogP contribution < -0.4 is 5.32 Å². The Balaban J connectivity index is 2.07. The molecule has 1 atom stereocenters. The molecule has 1 amide bonds. The summed E-state index contributed by atoms with van der Waals surface area (Å²) in [6.45, 7) is 1.70. The fourth-order valence-corrected chi connectivity index (χ4v) is 1.32. The number of rotatable bonds is 3. The number of nitrogens with one attached hydrogen (secondary N) is 1. The van der Waals surface area contributed by atoms with E-state index in [4.69, 9.17) is 11.6 Å². The number of anilines is 1. The van der Waals surface area contributed by atoms with Crippen LogP contribution in [0, 0.1) is 0 Å². The van der Waals surface area contributed by atoms with E-state index in [2.05, 4.69) is 25.4 Å². The Morgan fingerprint density at radius 2 is 2.41 bits per heavy atom. The van der Waals surface area contributed by atoms with E-state index < -0.39 is 6.04 Å². The molecule has 0 aliphatic heterocycles. The molecule has 0 fully saturated rings. The van der Waals surface area contributed by atoms with Crippen molar-refractivity contribution in [3.63, 3.8) is 0 Å². The predicted octanol–water partition coefficient (Wildman–Crippen LogP) is 0.921. The fraction of sp³-hybridized carbons (Fsp3) is 0.222. The lowest BCUT2D eigenvalue weighted by Crippen LogP contribution is -2.24. The summed E-state index contributed by atoms with van der Waals surface area (Å²) in [6.07, 6.45) is 4.30. The van der Waals surface area contributed by atoms with Gasteiger partial charge in [0.05, 0.1) is 0 Å². The van der Waals surface area contributed by atoms with Crippen molar-refractivity contribution in [2.75, 3.05) is 5.32 Å². The molecule has 1 unspecified atom stereocenters. The normalized spacial score (nSPS) is 12.1. The second-order valence-corrected chi connectivity index (χ2v) is 3.59. The molecular weight excluding hydrogens is 244 g/mol. The van der Waals surface area contributed by atoms with E-state index >= 15 is 0 Å². The number of carbonyl (C=O) groups excluding carboxylic acids is 1. The van der Waals surface area contributed by atoms with Gasteiger partial charge in [0.15, 0.2) is 0 Å². The van der Waals surface area contributed by atoms with E-state index in [0.717, 1.165) is 0 Å². The van der Waals surface area contributed by atoms with Gasteiger partial charge in [-0.3, -0.25) is 4.79 Å². The zero-order valence-corrected chi connectivity index (χ0v) is 9.66. The maximum absolute atomic E-state index is 11.8. The van der Waals surface area contributed by atoms with Crippen LogP contribution in [0.5, 0.6) is 0 Å². The van der Waals surface area contributed by atoms with Gasteiger partial charge in [-0.25, -0.2) is 19.6 Å². The molecule has 0 aliphatic rings. The second kappa shape index (κ2) is 4.88. The van der Waals surface area contributed by atoms with Crippen LogP contribution in [-0.4, -0.2) is 30.6 Å². The molecule has 0 radical (unpaired) electrons. The molecule has 1 N–H and O–H groups in total. The van der Waals surface area contributed by atoms with Crippen molar-refractivity contribution >= 4 is 23.3 Å². The number of aromatic nitrogens is 5. The molecule has 0 bridgehead atoms. The highest BCUT2D eigenvalue weighted by Crippen LogP contribution is 2.09. The summed E-state index contributed by atoms with van der Waals surface area (Å²) in [7, 11) is 0. The van der Waals surface area contributed by atoms with Gasteiger partial charge >= 0.3 is 0 Å². The number of hydrogen-bond donors (Lipinski definition) is 1. The van der Waals surface area contributed by atoms with Crippen molar-refractivity contribution in [1.29, 1.82) is 0 Å². The van der Waals surface area contributed by atoms with Crippen LogP contribution in [0.4, 0.5) is 5.82 Å². The van der Waals surface area contributed by atoms with Gasteiger partial charge in [0.1, 0.15) is 24.5 Å². The van der Waals surface area contributed by atoms with Crippen LogP contribution >= 0.6 is 11.6 Å². The second-order valence-electron chi connectivity index (χ2n) is 3.25. The van der Waals surface area contributed by atoms with Crippen LogP contribution in [0.15, 0.2) is 24.9 Å². The molecule has 8 heteroatoms. The minimum absolute atomic E-state index is 0.0798. The third-order valence-corrected chi connectivity index (χ3v) is 2.27. The number of carbonyl (C=O) groups is 1. The van der Waals surface area contributed by atoms with Gasteiger partial charge in [-0.2, -0.15) is 5.10 Å². The third kappa shape index (κ3) is 2.76. The number of halogens is 1. The quantitative estimate of drug-likeness (QED) is 0.821. The largest absolute Gasteiger partial charge is 0.309 e. The summed E-state index contributed by atoms with van der Waals surface area (Å²) in [5, 5.41) is 6.57. The Morgan fingerprint density at radius 1 is 1.59 bits per heavy atom. The average molecular weight is 253 g/mol. The summed E-state index contributed by atoms with van der Waals surface area (Å²) in [4.78, 5) is 23.2. The van der Waals surface area contributed by atoms with Gasteiger partial charge < -0.3 is 5.32 Å². The number of nitrogens with zero attached hydrogens (tertiary/aromatic N) is 5. The Bertz CT molecular complexity index is 514. The van der Waals surface area contributed by atoms with Gasteiger partial charge in [0.2, 0.25) is 11.2 Å². The zero-order chi connectivity index (χ0) is 12.3. The van der Waals surface area contributed by atoms with Crippen LogP contribution in [0.3, 0.4) is 0 Å². The highest BCUT2D eigenvalue weighted by Gasteiger charge is 2.15. The first-order valence-electron chi connectivity index (χ1n) is 4.80. The van der Waals surface area contributed by atoms with Gasteiger partial charge in [-0.05, 0) is 24.6 Å². The van der Waals surface area contributed by atoms with E-state index in [1.165, 1.54) is 23.5 Å². The van der Waals surface area contributed by atoms with Crippen LogP contribution in [0.2, 0.25) is 5.28 Å². The SMILES string of the molecule is CC(C(=O)Nc1ccnc(Cl)n1)n1cncn1. The van der Waals surface area contributed by atoms with Gasteiger partial charge in [0.25, 0.3) is 0 Å². The molecule has 0 aliphatic carbocycles. The smallest absolute Gasteiger partial charge is 0.250 e. The Hall–Kier alpha value is -2.02. The first-order valence-corrected chi connectivity index (χ1v) is 5.18. The first kappa shape index (κ1) is 11.5. The standard InChI is InChI=1S/C9H9ClN6O/c1-6(16-5-11-4-13-16)8(17)14-7-2-3-12-9(10)15-7/h2-6H,1H3,(H,12,14,15,17). The lowest BCUT2D eigenvalue weighted by molar-refractivity contribution is -0.119. The third-order valence-electron chi connectivity index (χ3n) is 2.09. The van der Waals surface area contributed by atoms with Crippen LogP contribution in [-0.2, 0) is 4.79 Å². The van der Waals surface area contributed by atoms with E-state index in [0.29, 0.717) is 5.82 Å². The molecule has 0 saturated carbocycles. The fourth-order valence-electron chi connectivity index (χ4n) is 1.17. The maximum atomic E-state index is 11.8. The molecule has 88 valence electrons. The van der Waals surface area contributed by atoms with Crippen molar-refractivity contribution in [1.82, 2.24) is 24.7 Å². The zero-order valence-electron chi connectivity index (χ0n) is 8.91. The number of amides is 1. The molecular formula is C9H9ClN6O. The topological polar surface area (TPSA) is 85.6 Å². The lowest BCUT2D eigenvalue weighted by Gasteiger charge is -2.11. The molecule has 0 spiro atoms.